The predicted octanol–water partition coefficient (Wildman–Crippen LogP) is 4.72. The Hall–Kier alpha value is -2.08. The van der Waals surface area contributed by atoms with Crippen molar-refractivity contribution < 1.29 is 18.3 Å². The van der Waals surface area contributed by atoms with Gasteiger partial charge in [-0.3, -0.25) is 4.79 Å². The van der Waals surface area contributed by atoms with Crippen LogP contribution in [0.25, 0.3) is 0 Å². The number of aryl methyl sites for hydroxylation is 1. The first-order valence-corrected chi connectivity index (χ1v) is 7.91. The molecule has 0 fully saturated rings. The highest BCUT2D eigenvalue weighted by Gasteiger charge is 2.14. The summed E-state index contributed by atoms with van der Waals surface area (Å²) in [5.74, 6) is -0.0989. The molecule has 0 aliphatic rings. The van der Waals surface area contributed by atoms with Crippen molar-refractivity contribution in [1.29, 1.82) is 0 Å². The summed E-state index contributed by atoms with van der Waals surface area (Å²) in [7, 11) is 0. The van der Waals surface area contributed by atoms with Gasteiger partial charge in [-0.05, 0) is 50.2 Å². The summed E-state index contributed by atoms with van der Waals surface area (Å²) < 4.78 is 28.4. The molecule has 0 radical (unpaired) electrons. The van der Waals surface area contributed by atoms with E-state index >= 15 is 0 Å². The van der Waals surface area contributed by atoms with E-state index in [1.165, 1.54) is 36.0 Å². The van der Waals surface area contributed by atoms with E-state index in [9.17, 15) is 13.6 Å². The Morgan fingerprint density at radius 3 is 2.26 bits per heavy atom. The summed E-state index contributed by atoms with van der Waals surface area (Å²) in [6.07, 6.45) is 0. The third kappa shape index (κ3) is 5.56. The number of benzene rings is 2. The van der Waals surface area contributed by atoms with E-state index in [0.29, 0.717) is 5.69 Å². The summed E-state index contributed by atoms with van der Waals surface area (Å²) in [6, 6.07) is 13.8. The van der Waals surface area contributed by atoms with E-state index < -0.39 is 6.61 Å². The van der Waals surface area contributed by atoms with Crippen molar-refractivity contribution in [1.82, 2.24) is 0 Å². The lowest BCUT2D eigenvalue weighted by atomic mass is 10.2. The molecule has 2 rings (SSSR count). The minimum absolute atomic E-state index is 0.0556. The van der Waals surface area contributed by atoms with Crippen molar-refractivity contribution >= 4 is 23.4 Å². The van der Waals surface area contributed by atoms with Crippen molar-refractivity contribution in [3.8, 4) is 5.75 Å². The van der Waals surface area contributed by atoms with E-state index in [1.807, 2.05) is 38.1 Å². The zero-order valence-electron chi connectivity index (χ0n) is 12.8. The number of amides is 1. The van der Waals surface area contributed by atoms with Crippen molar-refractivity contribution in [3.05, 3.63) is 54.1 Å². The molecular formula is C17H17F2NO2S. The third-order valence-corrected chi connectivity index (χ3v) is 4.16. The molecule has 3 nitrogen and oxygen atoms in total. The van der Waals surface area contributed by atoms with Gasteiger partial charge in [-0.1, -0.05) is 17.7 Å². The molecule has 6 heteroatoms. The Bertz CT molecular complexity index is 645. The molecule has 1 N–H and O–H groups in total. The maximum atomic E-state index is 12.2. The number of hydrogen-bond donors (Lipinski definition) is 1. The van der Waals surface area contributed by atoms with Crippen LogP contribution in [0.15, 0.2) is 53.4 Å². The topological polar surface area (TPSA) is 38.3 Å². The molecular weight excluding hydrogens is 320 g/mol. The number of halogens is 2. The van der Waals surface area contributed by atoms with Crippen LogP contribution in [0.3, 0.4) is 0 Å². The molecule has 0 aromatic heterocycles. The predicted molar refractivity (Wildman–Crippen MR) is 88.2 cm³/mol. The second-order valence-corrected chi connectivity index (χ2v) is 6.38. The van der Waals surface area contributed by atoms with E-state index in [1.54, 1.807) is 0 Å². The van der Waals surface area contributed by atoms with Crippen LogP contribution in [0.2, 0.25) is 0 Å². The van der Waals surface area contributed by atoms with Crippen LogP contribution in [0, 0.1) is 6.92 Å². The molecule has 0 aliphatic heterocycles. The first kappa shape index (κ1) is 17.3. The molecule has 0 bridgehead atoms. The molecule has 2 aromatic rings. The van der Waals surface area contributed by atoms with Crippen LogP contribution in [-0.4, -0.2) is 17.8 Å². The van der Waals surface area contributed by atoms with Gasteiger partial charge in [0.1, 0.15) is 5.75 Å². The van der Waals surface area contributed by atoms with Crippen molar-refractivity contribution in [2.45, 2.75) is 30.6 Å². The first-order valence-electron chi connectivity index (χ1n) is 7.03. The van der Waals surface area contributed by atoms with Gasteiger partial charge >= 0.3 is 6.61 Å². The second-order valence-electron chi connectivity index (χ2n) is 4.97. The summed E-state index contributed by atoms with van der Waals surface area (Å²) in [5.41, 5.74) is 1.70. The lowest BCUT2D eigenvalue weighted by molar-refractivity contribution is -0.115. The Balaban J connectivity index is 1.91. The molecule has 0 spiro atoms. The summed E-state index contributed by atoms with van der Waals surface area (Å²) in [6.45, 7) is 0.960. The quantitative estimate of drug-likeness (QED) is 0.776. The number of carbonyl (C=O) groups excluding carboxylic acids is 1. The maximum Gasteiger partial charge on any atom is 0.387 e. The number of alkyl halides is 2. The van der Waals surface area contributed by atoms with Crippen LogP contribution in [0.5, 0.6) is 5.75 Å². The highest BCUT2D eigenvalue weighted by molar-refractivity contribution is 8.00. The van der Waals surface area contributed by atoms with Crippen LogP contribution >= 0.6 is 11.8 Å². The molecule has 0 aliphatic carbocycles. The standard InChI is InChI=1S/C17H17F2NO2S/c1-11-3-9-15(10-4-11)23-12(2)16(21)20-13-5-7-14(8-6-13)22-17(18)19/h3-10,12,17H,1-2H3,(H,20,21)/t12-/m0/s1. The summed E-state index contributed by atoms with van der Waals surface area (Å²) >= 11 is 1.46. The Kier molecular flexibility index (Phi) is 5.98. The number of rotatable bonds is 6. The molecule has 0 saturated carbocycles. The van der Waals surface area contributed by atoms with E-state index in [0.717, 1.165) is 10.5 Å². The second kappa shape index (κ2) is 7.97. The smallest absolute Gasteiger partial charge is 0.387 e. The Morgan fingerprint density at radius 1 is 1.09 bits per heavy atom. The van der Waals surface area contributed by atoms with Crippen LogP contribution in [0.1, 0.15) is 12.5 Å². The van der Waals surface area contributed by atoms with Crippen molar-refractivity contribution in [3.63, 3.8) is 0 Å². The average molecular weight is 337 g/mol. The zero-order valence-corrected chi connectivity index (χ0v) is 13.6. The molecule has 2 aromatic carbocycles. The molecule has 1 amide bonds. The molecule has 0 heterocycles. The molecule has 0 saturated heterocycles. The Labute approximate surface area is 138 Å². The minimum Gasteiger partial charge on any atom is -0.435 e. The van der Waals surface area contributed by atoms with Crippen LogP contribution in [0.4, 0.5) is 14.5 Å². The van der Waals surface area contributed by atoms with E-state index in [4.69, 9.17) is 0 Å². The van der Waals surface area contributed by atoms with Gasteiger partial charge in [0.15, 0.2) is 0 Å². The van der Waals surface area contributed by atoms with Gasteiger partial charge < -0.3 is 10.1 Å². The number of anilines is 1. The summed E-state index contributed by atoms with van der Waals surface area (Å²) in [5, 5.41) is 2.47. The van der Waals surface area contributed by atoms with Gasteiger partial charge in [0, 0.05) is 10.6 Å². The van der Waals surface area contributed by atoms with Gasteiger partial charge in [-0.2, -0.15) is 8.78 Å². The highest BCUT2D eigenvalue weighted by atomic mass is 32.2. The number of thioether (sulfide) groups is 1. The van der Waals surface area contributed by atoms with Gasteiger partial charge in [-0.25, -0.2) is 0 Å². The number of carbonyl (C=O) groups is 1. The van der Waals surface area contributed by atoms with E-state index in [2.05, 4.69) is 10.1 Å². The lowest BCUT2D eigenvalue weighted by Crippen LogP contribution is -2.22. The maximum absolute atomic E-state index is 12.2. The fourth-order valence-corrected chi connectivity index (χ4v) is 2.71. The van der Waals surface area contributed by atoms with Crippen molar-refractivity contribution in [2.75, 3.05) is 5.32 Å². The fourth-order valence-electron chi connectivity index (χ4n) is 1.84. The van der Waals surface area contributed by atoms with Crippen LogP contribution < -0.4 is 10.1 Å². The number of ether oxygens (including phenoxy) is 1. The first-order chi connectivity index (χ1) is 10.9. The molecule has 1 atom stereocenters. The zero-order chi connectivity index (χ0) is 16.8. The number of hydrogen-bond acceptors (Lipinski definition) is 3. The largest absolute Gasteiger partial charge is 0.435 e. The minimum atomic E-state index is -2.86. The summed E-state index contributed by atoms with van der Waals surface area (Å²) in [4.78, 5) is 13.2. The average Bonchev–Trinajstić information content (AvgIpc) is 2.51. The van der Waals surface area contributed by atoms with Gasteiger partial charge in [0.2, 0.25) is 5.91 Å². The number of nitrogens with one attached hydrogen (secondary N) is 1. The van der Waals surface area contributed by atoms with Crippen molar-refractivity contribution in [2.24, 2.45) is 0 Å². The molecule has 122 valence electrons. The SMILES string of the molecule is Cc1ccc(S[C@@H](C)C(=O)Nc2ccc(OC(F)F)cc2)cc1. The van der Waals surface area contributed by atoms with Gasteiger partial charge in [-0.15, -0.1) is 11.8 Å². The third-order valence-electron chi connectivity index (χ3n) is 3.05. The van der Waals surface area contributed by atoms with Gasteiger partial charge in [0.05, 0.1) is 5.25 Å². The van der Waals surface area contributed by atoms with Gasteiger partial charge in [0.25, 0.3) is 0 Å². The normalized spacial score (nSPS) is 12.0. The Morgan fingerprint density at radius 2 is 1.70 bits per heavy atom. The van der Waals surface area contributed by atoms with E-state index in [-0.39, 0.29) is 16.9 Å². The highest BCUT2D eigenvalue weighted by Crippen LogP contribution is 2.25. The molecule has 23 heavy (non-hydrogen) atoms. The fraction of sp³-hybridized carbons (Fsp3) is 0.235. The monoisotopic (exact) mass is 337 g/mol. The lowest BCUT2D eigenvalue weighted by Gasteiger charge is -2.12. The molecule has 0 unspecified atom stereocenters. The van der Waals surface area contributed by atoms with Crippen LogP contribution in [-0.2, 0) is 4.79 Å².